The molecule has 0 aromatic carbocycles. The second-order valence-electron chi connectivity index (χ2n) is 7.46. The fourth-order valence-corrected chi connectivity index (χ4v) is 3.65. The molecule has 164 valence electrons. The van der Waals surface area contributed by atoms with Gasteiger partial charge in [0.05, 0.1) is 19.7 Å². The van der Waals surface area contributed by atoms with E-state index >= 15 is 0 Å². The highest BCUT2D eigenvalue weighted by Crippen LogP contribution is 2.35. The van der Waals surface area contributed by atoms with Crippen LogP contribution in [0.15, 0.2) is 6.07 Å². The molecule has 2 heterocycles. The summed E-state index contributed by atoms with van der Waals surface area (Å²) in [6.45, 7) is 0.947. The SMILES string of the molecule is COc1nc(OC2CCC(F)(F)CC2)c(F)cc1CN(C)C(=O)[C@H]1CCCN1.Cl. The Morgan fingerprint density at radius 3 is 2.59 bits per heavy atom. The Kier molecular flexibility index (Phi) is 7.99. The monoisotopic (exact) mass is 437 g/mol. The normalized spacial score (nSPS) is 21.3. The third-order valence-electron chi connectivity index (χ3n) is 5.26. The van der Waals surface area contributed by atoms with Gasteiger partial charge in [0.25, 0.3) is 5.88 Å². The standard InChI is InChI=1S/C19H26F3N3O3.ClH/c1-25(18(26)15-4-3-9-23-15)11-12-10-14(20)17(24-16(12)27-2)28-13-5-7-19(21,22)8-6-13;/h10,13,15,23H,3-9,11H2,1-2H3;1H/t15-;/m1./s1. The summed E-state index contributed by atoms with van der Waals surface area (Å²) in [6, 6.07) is 1.01. The fourth-order valence-electron chi connectivity index (χ4n) is 3.65. The number of rotatable bonds is 6. The van der Waals surface area contributed by atoms with Crippen LogP contribution in [-0.4, -0.2) is 54.6 Å². The molecule has 3 rings (SSSR count). The van der Waals surface area contributed by atoms with Crippen LogP contribution in [0, 0.1) is 5.82 Å². The average molecular weight is 438 g/mol. The number of carbonyl (C=O) groups is 1. The van der Waals surface area contributed by atoms with E-state index in [0.29, 0.717) is 5.56 Å². The number of pyridine rings is 1. The van der Waals surface area contributed by atoms with Crippen molar-refractivity contribution in [2.75, 3.05) is 20.7 Å². The van der Waals surface area contributed by atoms with E-state index in [4.69, 9.17) is 9.47 Å². The maximum atomic E-state index is 14.5. The Morgan fingerprint density at radius 1 is 1.31 bits per heavy atom. The average Bonchev–Trinajstić information content (AvgIpc) is 3.19. The van der Waals surface area contributed by atoms with E-state index in [-0.39, 0.29) is 68.3 Å². The van der Waals surface area contributed by atoms with E-state index in [9.17, 15) is 18.0 Å². The number of methoxy groups -OCH3 is 1. The third-order valence-corrected chi connectivity index (χ3v) is 5.26. The van der Waals surface area contributed by atoms with Crippen LogP contribution in [0.4, 0.5) is 13.2 Å². The molecular weight excluding hydrogens is 411 g/mol. The van der Waals surface area contributed by atoms with Gasteiger partial charge in [0, 0.05) is 25.5 Å². The van der Waals surface area contributed by atoms with Crippen molar-refractivity contribution >= 4 is 18.3 Å². The van der Waals surface area contributed by atoms with Crippen LogP contribution in [0.2, 0.25) is 0 Å². The zero-order chi connectivity index (χ0) is 20.3. The minimum atomic E-state index is -2.68. The van der Waals surface area contributed by atoms with E-state index in [1.807, 2.05) is 0 Å². The first-order valence-electron chi connectivity index (χ1n) is 9.55. The van der Waals surface area contributed by atoms with Crippen LogP contribution in [0.1, 0.15) is 44.1 Å². The molecule has 1 saturated heterocycles. The van der Waals surface area contributed by atoms with Crippen molar-refractivity contribution in [3.8, 4) is 11.8 Å². The van der Waals surface area contributed by atoms with Crippen molar-refractivity contribution in [3.05, 3.63) is 17.4 Å². The van der Waals surface area contributed by atoms with Crippen molar-refractivity contribution in [3.63, 3.8) is 0 Å². The molecule has 1 aromatic heterocycles. The lowest BCUT2D eigenvalue weighted by molar-refractivity contribution is -0.132. The molecule has 1 N–H and O–H groups in total. The van der Waals surface area contributed by atoms with E-state index in [0.717, 1.165) is 19.4 Å². The molecule has 29 heavy (non-hydrogen) atoms. The topological polar surface area (TPSA) is 63.7 Å². The molecule has 0 bridgehead atoms. The summed E-state index contributed by atoms with van der Waals surface area (Å²) in [5.41, 5.74) is 0.413. The smallest absolute Gasteiger partial charge is 0.254 e. The Morgan fingerprint density at radius 2 is 2.00 bits per heavy atom. The maximum Gasteiger partial charge on any atom is 0.254 e. The summed E-state index contributed by atoms with van der Waals surface area (Å²) >= 11 is 0. The highest BCUT2D eigenvalue weighted by molar-refractivity contribution is 5.85. The Hall–Kier alpha value is -1.74. The van der Waals surface area contributed by atoms with Gasteiger partial charge < -0.3 is 19.7 Å². The van der Waals surface area contributed by atoms with Gasteiger partial charge in [-0.25, -0.2) is 13.2 Å². The molecule has 0 radical (unpaired) electrons. The van der Waals surface area contributed by atoms with Gasteiger partial charge >= 0.3 is 0 Å². The van der Waals surface area contributed by atoms with E-state index < -0.39 is 17.8 Å². The molecule has 1 saturated carbocycles. The number of aromatic nitrogens is 1. The quantitative estimate of drug-likeness (QED) is 0.739. The predicted octanol–water partition coefficient (Wildman–Crippen LogP) is 3.32. The molecule has 0 unspecified atom stereocenters. The van der Waals surface area contributed by atoms with Crippen LogP contribution < -0.4 is 14.8 Å². The number of hydrogen-bond acceptors (Lipinski definition) is 5. The fraction of sp³-hybridized carbons (Fsp3) is 0.684. The summed E-state index contributed by atoms with van der Waals surface area (Å²) in [4.78, 5) is 18.0. The molecule has 6 nitrogen and oxygen atoms in total. The largest absolute Gasteiger partial charge is 0.481 e. The summed E-state index contributed by atoms with van der Waals surface area (Å²) < 4.78 is 51.8. The van der Waals surface area contributed by atoms with Crippen molar-refractivity contribution in [1.29, 1.82) is 0 Å². The molecule has 1 aliphatic heterocycles. The summed E-state index contributed by atoms with van der Waals surface area (Å²) in [5, 5.41) is 3.14. The zero-order valence-electron chi connectivity index (χ0n) is 16.6. The van der Waals surface area contributed by atoms with Gasteiger partial charge in [-0.05, 0) is 38.3 Å². The molecule has 1 atom stereocenters. The lowest BCUT2D eigenvalue weighted by Crippen LogP contribution is -2.41. The van der Waals surface area contributed by atoms with Crippen molar-refractivity contribution in [1.82, 2.24) is 15.2 Å². The van der Waals surface area contributed by atoms with E-state index in [2.05, 4.69) is 10.3 Å². The van der Waals surface area contributed by atoms with Crippen molar-refractivity contribution < 1.29 is 27.4 Å². The summed E-state index contributed by atoms with van der Waals surface area (Å²) in [6.07, 6.45) is 0.944. The molecule has 10 heteroatoms. The van der Waals surface area contributed by atoms with Crippen molar-refractivity contribution in [2.24, 2.45) is 0 Å². The van der Waals surface area contributed by atoms with Gasteiger partial charge in [-0.2, -0.15) is 4.98 Å². The summed E-state index contributed by atoms with van der Waals surface area (Å²) in [5.74, 6) is -3.56. The first-order valence-corrected chi connectivity index (χ1v) is 9.55. The Balaban J connectivity index is 0.00000300. The van der Waals surface area contributed by atoms with Crippen molar-refractivity contribution in [2.45, 2.75) is 63.1 Å². The third kappa shape index (κ3) is 5.88. The van der Waals surface area contributed by atoms with E-state index in [1.54, 1.807) is 7.05 Å². The van der Waals surface area contributed by atoms with Gasteiger partial charge in [-0.1, -0.05) is 0 Å². The Labute approximate surface area is 174 Å². The lowest BCUT2D eigenvalue weighted by atomic mass is 9.94. The number of alkyl halides is 2. The number of nitrogens with one attached hydrogen (secondary N) is 1. The number of carbonyl (C=O) groups excluding carboxylic acids is 1. The van der Waals surface area contributed by atoms with Crippen LogP contribution in [0.25, 0.3) is 0 Å². The summed E-state index contributed by atoms with van der Waals surface area (Å²) in [7, 11) is 3.04. The first kappa shape index (κ1) is 23.5. The van der Waals surface area contributed by atoms with E-state index in [1.165, 1.54) is 18.1 Å². The molecular formula is C19H27ClF3N3O3. The first-order chi connectivity index (χ1) is 13.3. The molecule has 1 aliphatic carbocycles. The minimum absolute atomic E-state index is 0. The van der Waals surface area contributed by atoms with Crippen LogP contribution in [0.5, 0.6) is 11.8 Å². The highest BCUT2D eigenvalue weighted by Gasteiger charge is 2.36. The predicted molar refractivity (Wildman–Crippen MR) is 103 cm³/mol. The number of halogens is 4. The number of ether oxygens (including phenoxy) is 2. The number of nitrogens with zero attached hydrogens (tertiary/aromatic N) is 2. The lowest BCUT2D eigenvalue weighted by Gasteiger charge is -2.28. The molecule has 1 amide bonds. The van der Waals surface area contributed by atoms with Gasteiger partial charge in [-0.15, -0.1) is 12.4 Å². The van der Waals surface area contributed by atoms with Crippen LogP contribution in [0.3, 0.4) is 0 Å². The van der Waals surface area contributed by atoms with Gasteiger partial charge in [0.1, 0.15) is 6.10 Å². The Bertz CT molecular complexity index is 707. The number of amides is 1. The zero-order valence-corrected chi connectivity index (χ0v) is 17.4. The number of likely N-dealkylation sites (N-methyl/N-ethyl adjacent to an activating group) is 1. The number of hydrogen-bond donors (Lipinski definition) is 1. The molecule has 2 aliphatic rings. The molecule has 2 fully saturated rings. The van der Waals surface area contributed by atoms with Gasteiger partial charge in [0.15, 0.2) is 5.82 Å². The van der Waals surface area contributed by atoms with Crippen LogP contribution in [-0.2, 0) is 11.3 Å². The maximum absolute atomic E-state index is 14.5. The molecule has 0 spiro atoms. The second-order valence-corrected chi connectivity index (χ2v) is 7.46. The second kappa shape index (κ2) is 9.84. The minimum Gasteiger partial charge on any atom is -0.481 e. The van der Waals surface area contributed by atoms with Gasteiger partial charge in [0.2, 0.25) is 17.7 Å². The van der Waals surface area contributed by atoms with Gasteiger partial charge in [-0.3, -0.25) is 4.79 Å². The molecule has 1 aromatic rings. The van der Waals surface area contributed by atoms with Crippen LogP contribution >= 0.6 is 12.4 Å². The highest BCUT2D eigenvalue weighted by atomic mass is 35.5.